The zero-order chi connectivity index (χ0) is 18.5. The van der Waals surface area contributed by atoms with Gasteiger partial charge < -0.3 is 19.5 Å². The molecule has 0 radical (unpaired) electrons. The maximum Gasteiger partial charge on any atom is 0.289 e. The molecule has 2 aromatic rings. The van der Waals surface area contributed by atoms with Gasteiger partial charge in [0.05, 0.1) is 11.8 Å². The van der Waals surface area contributed by atoms with E-state index in [1.165, 1.54) is 6.26 Å². The highest BCUT2D eigenvalue weighted by molar-refractivity contribution is 5.94. The lowest BCUT2D eigenvalue weighted by Crippen LogP contribution is -2.49. The van der Waals surface area contributed by atoms with Crippen molar-refractivity contribution in [3.05, 3.63) is 42.1 Å². The van der Waals surface area contributed by atoms with Gasteiger partial charge in [0.2, 0.25) is 5.95 Å². The van der Waals surface area contributed by atoms with Crippen LogP contribution in [0.5, 0.6) is 0 Å². The third kappa shape index (κ3) is 4.01. The lowest BCUT2D eigenvalue weighted by atomic mass is 10.2. The van der Waals surface area contributed by atoms with Gasteiger partial charge in [0.15, 0.2) is 5.76 Å². The van der Waals surface area contributed by atoms with Gasteiger partial charge in [-0.2, -0.15) is 0 Å². The van der Waals surface area contributed by atoms with Crippen LogP contribution in [0, 0.1) is 0 Å². The largest absolute Gasteiger partial charge is 0.459 e. The van der Waals surface area contributed by atoms with Crippen molar-refractivity contribution in [1.29, 1.82) is 0 Å². The maximum absolute atomic E-state index is 12.3. The predicted molar refractivity (Wildman–Crippen MR) is 96.1 cm³/mol. The first-order chi connectivity index (χ1) is 12.6. The first kappa shape index (κ1) is 17.9. The fraction of sp³-hybridized carbons (Fsp3) is 0.444. The molecule has 8 nitrogen and oxygen atoms in total. The van der Waals surface area contributed by atoms with Crippen LogP contribution in [0.2, 0.25) is 0 Å². The van der Waals surface area contributed by atoms with Crippen molar-refractivity contribution in [3.8, 4) is 0 Å². The van der Waals surface area contributed by atoms with Gasteiger partial charge in [-0.3, -0.25) is 9.59 Å². The normalized spacial score (nSPS) is 15.6. The van der Waals surface area contributed by atoms with E-state index in [4.69, 9.17) is 4.42 Å². The third-order valence-corrected chi connectivity index (χ3v) is 4.47. The second kappa shape index (κ2) is 7.99. The SMILES string of the molecule is CCC(C)NC(=O)c1cnc(N2CCN(C(=O)c3ccco3)CC2)nc1. The van der Waals surface area contributed by atoms with Crippen molar-refractivity contribution in [1.82, 2.24) is 20.2 Å². The molecule has 0 saturated carbocycles. The van der Waals surface area contributed by atoms with Crippen LogP contribution in [0.1, 0.15) is 41.2 Å². The minimum atomic E-state index is -0.167. The van der Waals surface area contributed by atoms with Crippen molar-refractivity contribution in [2.24, 2.45) is 0 Å². The number of amides is 2. The van der Waals surface area contributed by atoms with Gasteiger partial charge in [-0.1, -0.05) is 6.92 Å². The van der Waals surface area contributed by atoms with Crippen molar-refractivity contribution in [2.75, 3.05) is 31.1 Å². The fourth-order valence-electron chi connectivity index (χ4n) is 2.68. The van der Waals surface area contributed by atoms with Gasteiger partial charge in [-0.05, 0) is 25.5 Å². The number of hydrogen-bond acceptors (Lipinski definition) is 6. The standard InChI is InChI=1S/C18H23N5O3/c1-3-13(2)21-16(24)14-11-19-18(20-12-14)23-8-6-22(7-9-23)17(25)15-5-4-10-26-15/h4-5,10-13H,3,6-9H2,1-2H3,(H,21,24). The van der Waals surface area contributed by atoms with Gasteiger partial charge in [-0.15, -0.1) is 0 Å². The molecule has 0 aliphatic carbocycles. The minimum Gasteiger partial charge on any atom is -0.459 e. The average Bonchev–Trinajstić information content (AvgIpc) is 3.22. The molecule has 1 fully saturated rings. The van der Waals surface area contributed by atoms with E-state index in [-0.39, 0.29) is 17.9 Å². The molecule has 0 spiro atoms. The average molecular weight is 357 g/mol. The second-order valence-electron chi connectivity index (χ2n) is 6.31. The van der Waals surface area contributed by atoms with Gasteiger partial charge in [0, 0.05) is 44.6 Å². The van der Waals surface area contributed by atoms with Crippen LogP contribution < -0.4 is 10.2 Å². The zero-order valence-corrected chi connectivity index (χ0v) is 15.0. The summed E-state index contributed by atoms with van der Waals surface area (Å²) in [5, 5.41) is 2.89. The van der Waals surface area contributed by atoms with Crippen molar-refractivity contribution < 1.29 is 14.0 Å². The molecule has 3 rings (SSSR count). The number of furan rings is 1. The molecule has 138 valence electrons. The van der Waals surface area contributed by atoms with Crippen molar-refractivity contribution in [2.45, 2.75) is 26.3 Å². The smallest absolute Gasteiger partial charge is 0.289 e. The number of aromatic nitrogens is 2. The fourth-order valence-corrected chi connectivity index (χ4v) is 2.68. The summed E-state index contributed by atoms with van der Waals surface area (Å²) in [7, 11) is 0. The summed E-state index contributed by atoms with van der Waals surface area (Å²) in [5.74, 6) is 0.647. The van der Waals surface area contributed by atoms with Gasteiger partial charge in [0.1, 0.15) is 0 Å². The topological polar surface area (TPSA) is 91.6 Å². The number of carbonyl (C=O) groups is 2. The predicted octanol–water partition coefficient (Wildman–Crippen LogP) is 1.56. The molecule has 8 heteroatoms. The Balaban J connectivity index is 1.56. The summed E-state index contributed by atoms with van der Waals surface area (Å²) in [6.07, 6.45) is 5.45. The highest BCUT2D eigenvalue weighted by atomic mass is 16.3. The van der Waals surface area contributed by atoms with Crippen LogP contribution in [-0.4, -0.2) is 58.9 Å². The number of nitrogens with one attached hydrogen (secondary N) is 1. The Hall–Kier alpha value is -2.90. The maximum atomic E-state index is 12.3. The number of hydrogen-bond donors (Lipinski definition) is 1. The molecule has 1 aliphatic heterocycles. The monoisotopic (exact) mass is 357 g/mol. The number of piperazine rings is 1. The first-order valence-corrected chi connectivity index (χ1v) is 8.79. The van der Waals surface area contributed by atoms with Crippen molar-refractivity contribution in [3.63, 3.8) is 0 Å². The minimum absolute atomic E-state index is 0.104. The molecule has 26 heavy (non-hydrogen) atoms. The number of carbonyl (C=O) groups excluding carboxylic acids is 2. The van der Waals surface area contributed by atoms with E-state index >= 15 is 0 Å². The second-order valence-corrected chi connectivity index (χ2v) is 6.31. The van der Waals surface area contributed by atoms with Gasteiger partial charge in [-0.25, -0.2) is 9.97 Å². The Morgan fingerprint density at radius 1 is 1.23 bits per heavy atom. The van der Waals surface area contributed by atoms with Crippen LogP contribution in [0.15, 0.2) is 35.2 Å². The van der Waals surface area contributed by atoms with Gasteiger partial charge in [0.25, 0.3) is 11.8 Å². The summed E-state index contributed by atoms with van der Waals surface area (Å²) < 4.78 is 5.16. The molecule has 1 unspecified atom stereocenters. The molecule has 1 aliphatic rings. The van der Waals surface area contributed by atoms with Crippen molar-refractivity contribution >= 4 is 17.8 Å². The van der Waals surface area contributed by atoms with Crippen LogP contribution in [-0.2, 0) is 0 Å². The zero-order valence-electron chi connectivity index (χ0n) is 15.0. The Bertz CT molecular complexity index is 737. The number of nitrogens with zero attached hydrogens (tertiary/aromatic N) is 4. The Morgan fingerprint density at radius 2 is 1.92 bits per heavy atom. The molecule has 3 heterocycles. The molecular weight excluding hydrogens is 334 g/mol. The van der Waals surface area contributed by atoms with Crippen LogP contribution in [0.3, 0.4) is 0 Å². The lowest BCUT2D eigenvalue weighted by Gasteiger charge is -2.34. The molecule has 2 amide bonds. The molecule has 1 atom stereocenters. The van der Waals surface area contributed by atoms with E-state index in [1.807, 2.05) is 18.7 Å². The highest BCUT2D eigenvalue weighted by Crippen LogP contribution is 2.13. The molecule has 0 aromatic carbocycles. The molecule has 1 saturated heterocycles. The molecular formula is C18H23N5O3. The quantitative estimate of drug-likeness (QED) is 0.873. The Kier molecular flexibility index (Phi) is 5.50. The third-order valence-electron chi connectivity index (χ3n) is 4.47. The first-order valence-electron chi connectivity index (χ1n) is 8.79. The van der Waals surface area contributed by atoms with Gasteiger partial charge >= 0.3 is 0 Å². The van der Waals surface area contributed by atoms with E-state index in [1.54, 1.807) is 29.4 Å². The van der Waals surface area contributed by atoms with E-state index in [2.05, 4.69) is 15.3 Å². The van der Waals surface area contributed by atoms with E-state index in [9.17, 15) is 9.59 Å². The summed E-state index contributed by atoms with van der Waals surface area (Å²) in [6.45, 7) is 6.37. The van der Waals surface area contributed by atoms with Crippen LogP contribution in [0.4, 0.5) is 5.95 Å². The van der Waals surface area contributed by atoms with E-state index < -0.39 is 0 Å². The number of anilines is 1. The number of rotatable bonds is 5. The Labute approximate surface area is 152 Å². The lowest BCUT2D eigenvalue weighted by molar-refractivity contribution is 0.0714. The van der Waals surface area contributed by atoms with Crippen LogP contribution in [0.25, 0.3) is 0 Å². The molecule has 2 aromatic heterocycles. The van der Waals surface area contributed by atoms with Crippen LogP contribution >= 0.6 is 0 Å². The molecule has 1 N–H and O–H groups in total. The summed E-state index contributed by atoms with van der Waals surface area (Å²) >= 11 is 0. The highest BCUT2D eigenvalue weighted by Gasteiger charge is 2.25. The summed E-state index contributed by atoms with van der Waals surface area (Å²) in [5.41, 5.74) is 0.445. The van der Waals surface area contributed by atoms with E-state index in [0.29, 0.717) is 43.5 Å². The van der Waals surface area contributed by atoms with E-state index in [0.717, 1.165) is 6.42 Å². The molecule has 0 bridgehead atoms. The summed E-state index contributed by atoms with van der Waals surface area (Å²) in [6, 6.07) is 3.49. The Morgan fingerprint density at radius 3 is 2.50 bits per heavy atom. The summed E-state index contributed by atoms with van der Waals surface area (Å²) in [4.78, 5) is 36.7.